The van der Waals surface area contributed by atoms with Gasteiger partial charge >= 0.3 is 0 Å². The van der Waals surface area contributed by atoms with E-state index in [0.717, 1.165) is 29.9 Å². The van der Waals surface area contributed by atoms with Crippen LogP contribution in [0.4, 0.5) is 4.39 Å². The first-order valence-corrected chi connectivity index (χ1v) is 13.7. The Morgan fingerprint density at radius 2 is 1.88 bits per heavy atom. The molecular weight excluding hydrogens is 551 g/mol. The summed E-state index contributed by atoms with van der Waals surface area (Å²) in [5.74, 6) is 0.649. The molecule has 0 aliphatic heterocycles. The van der Waals surface area contributed by atoms with Gasteiger partial charge in [0, 0.05) is 36.5 Å². The average molecular weight is 575 g/mol. The third kappa shape index (κ3) is 4.65. The number of fused-ring (bicyclic) bond motifs is 1. The van der Waals surface area contributed by atoms with E-state index in [0.29, 0.717) is 46.3 Å². The van der Waals surface area contributed by atoms with Crippen LogP contribution in [0.1, 0.15) is 59.3 Å². The molecule has 0 atom stereocenters. The SMILES string of the molecule is Cc1nc(-c2c(Cl)c3cc(F)ccc3n2-c2ccc(CNC(=O)C3(NC(=O)c4cc(C5CC5)on4)CC3)cc2)no1. The number of nitrogens with one attached hydrogen (secondary N) is 2. The lowest BCUT2D eigenvalue weighted by atomic mass is 10.1. The smallest absolute Gasteiger partial charge is 0.274 e. The van der Waals surface area contributed by atoms with E-state index in [-0.39, 0.29) is 24.0 Å². The van der Waals surface area contributed by atoms with E-state index in [2.05, 4.69) is 25.9 Å². The molecule has 0 unspecified atom stereocenters. The number of hydrogen-bond donors (Lipinski definition) is 2. The standard InChI is InChI=1S/C29H24ClFN6O4/c1-15-33-26(36-40-15)25-24(30)20-12-18(31)6-9-22(20)37(25)19-7-2-16(3-8-19)14-32-28(39)29(10-11-29)34-27(38)21-13-23(41-35-21)17-4-5-17/h2-3,6-9,12-13,17H,4-5,10-11,14H2,1H3,(H,32,39)(H,34,38). The van der Waals surface area contributed by atoms with Gasteiger partial charge in [0.2, 0.25) is 17.6 Å². The van der Waals surface area contributed by atoms with Gasteiger partial charge in [-0.25, -0.2) is 4.39 Å². The summed E-state index contributed by atoms with van der Waals surface area (Å²) in [6.45, 7) is 1.94. The first-order valence-electron chi connectivity index (χ1n) is 13.3. The minimum absolute atomic E-state index is 0.192. The fraction of sp³-hybridized carbons (Fsp3) is 0.276. The monoisotopic (exact) mass is 574 g/mol. The van der Waals surface area contributed by atoms with E-state index in [9.17, 15) is 14.0 Å². The fourth-order valence-electron chi connectivity index (χ4n) is 4.97. The van der Waals surface area contributed by atoms with Crippen molar-refractivity contribution in [1.82, 2.24) is 30.5 Å². The summed E-state index contributed by atoms with van der Waals surface area (Å²) in [6, 6.07) is 13.5. The number of amides is 2. The highest BCUT2D eigenvalue weighted by atomic mass is 35.5. The van der Waals surface area contributed by atoms with Crippen LogP contribution < -0.4 is 10.6 Å². The molecule has 10 nitrogen and oxygen atoms in total. The second-order valence-electron chi connectivity index (χ2n) is 10.6. The summed E-state index contributed by atoms with van der Waals surface area (Å²) >= 11 is 6.69. The zero-order valence-electron chi connectivity index (χ0n) is 21.9. The Morgan fingerprint density at radius 3 is 2.56 bits per heavy atom. The summed E-state index contributed by atoms with van der Waals surface area (Å²) < 4.78 is 26.3. The largest absolute Gasteiger partial charge is 0.360 e. The predicted octanol–water partition coefficient (Wildman–Crippen LogP) is 5.23. The lowest BCUT2D eigenvalue weighted by Gasteiger charge is -2.17. The molecule has 12 heteroatoms. The van der Waals surface area contributed by atoms with E-state index in [1.54, 1.807) is 19.1 Å². The van der Waals surface area contributed by atoms with Crippen molar-refractivity contribution < 1.29 is 23.0 Å². The van der Waals surface area contributed by atoms with Gasteiger partial charge in [0.15, 0.2) is 5.69 Å². The maximum Gasteiger partial charge on any atom is 0.274 e. The van der Waals surface area contributed by atoms with Gasteiger partial charge in [-0.2, -0.15) is 4.98 Å². The highest BCUT2D eigenvalue weighted by molar-refractivity contribution is 6.38. The van der Waals surface area contributed by atoms with Crippen LogP contribution >= 0.6 is 11.6 Å². The maximum absolute atomic E-state index is 14.1. The van der Waals surface area contributed by atoms with Gasteiger partial charge < -0.3 is 24.2 Å². The molecule has 2 aliphatic carbocycles. The second-order valence-corrected chi connectivity index (χ2v) is 10.9. The number of aryl methyl sites for hydroxylation is 1. The second kappa shape index (κ2) is 9.55. The molecule has 5 aromatic rings. The van der Waals surface area contributed by atoms with Crippen LogP contribution in [-0.2, 0) is 11.3 Å². The van der Waals surface area contributed by atoms with Gasteiger partial charge in [0.05, 0.1) is 10.5 Å². The van der Waals surface area contributed by atoms with Crippen LogP contribution in [0, 0.1) is 12.7 Å². The number of halogens is 2. The first kappa shape index (κ1) is 25.5. The predicted molar refractivity (Wildman–Crippen MR) is 146 cm³/mol. The molecule has 2 aliphatic rings. The Labute approximate surface area is 237 Å². The zero-order valence-corrected chi connectivity index (χ0v) is 22.7. The van der Waals surface area contributed by atoms with Crippen molar-refractivity contribution in [1.29, 1.82) is 0 Å². The molecule has 208 valence electrons. The van der Waals surface area contributed by atoms with Crippen molar-refractivity contribution in [2.45, 2.75) is 50.6 Å². The van der Waals surface area contributed by atoms with E-state index in [4.69, 9.17) is 20.6 Å². The highest BCUT2D eigenvalue weighted by Gasteiger charge is 2.51. The van der Waals surface area contributed by atoms with Gasteiger partial charge in [0.1, 0.15) is 22.8 Å². The van der Waals surface area contributed by atoms with Crippen molar-refractivity contribution in [3.8, 4) is 17.2 Å². The molecule has 0 bridgehead atoms. The molecule has 2 saturated carbocycles. The summed E-state index contributed by atoms with van der Waals surface area (Å²) in [4.78, 5) is 30.0. The molecule has 0 radical (unpaired) electrons. The first-order chi connectivity index (χ1) is 19.8. The van der Waals surface area contributed by atoms with Crippen LogP contribution in [0.2, 0.25) is 5.02 Å². The molecule has 0 spiro atoms. The van der Waals surface area contributed by atoms with Gasteiger partial charge in [-0.1, -0.05) is 34.0 Å². The Hall–Kier alpha value is -4.51. The number of benzene rings is 2. The Morgan fingerprint density at radius 1 is 1.10 bits per heavy atom. The molecule has 3 aromatic heterocycles. The van der Waals surface area contributed by atoms with E-state index < -0.39 is 17.3 Å². The van der Waals surface area contributed by atoms with E-state index in [1.807, 2.05) is 28.8 Å². The number of carbonyl (C=O) groups excluding carboxylic acids is 2. The number of aromatic nitrogens is 4. The van der Waals surface area contributed by atoms with Gasteiger partial charge in [-0.15, -0.1) is 0 Å². The van der Waals surface area contributed by atoms with Crippen LogP contribution in [0.25, 0.3) is 28.1 Å². The Kier molecular flexibility index (Phi) is 5.93. The summed E-state index contributed by atoms with van der Waals surface area (Å²) in [5, 5.41) is 14.5. The fourth-order valence-corrected chi connectivity index (χ4v) is 5.29. The molecule has 7 rings (SSSR count). The minimum atomic E-state index is -0.941. The molecule has 3 heterocycles. The van der Waals surface area contributed by atoms with Gasteiger partial charge in [-0.05, 0) is 61.6 Å². The number of rotatable bonds is 8. The Balaban J connectivity index is 1.08. The van der Waals surface area contributed by atoms with Crippen molar-refractivity contribution in [2.24, 2.45) is 0 Å². The lowest BCUT2D eigenvalue weighted by Crippen LogP contribution is -2.48. The molecule has 2 aromatic carbocycles. The minimum Gasteiger partial charge on any atom is -0.360 e. The normalized spacial score (nSPS) is 15.7. The van der Waals surface area contributed by atoms with Gasteiger partial charge in [-0.3, -0.25) is 9.59 Å². The quantitative estimate of drug-likeness (QED) is 0.260. The van der Waals surface area contributed by atoms with E-state index in [1.165, 1.54) is 12.1 Å². The van der Waals surface area contributed by atoms with E-state index >= 15 is 0 Å². The van der Waals surface area contributed by atoms with Crippen LogP contribution in [0.3, 0.4) is 0 Å². The summed E-state index contributed by atoms with van der Waals surface area (Å²) in [6.07, 6.45) is 3.19. The molecule has 0 saturated heterocycles. The number of carbonyl (C=O) groups is 2. The van der Waals surface area contributed by atoms with Crippen LogP contribution in [0.5, 0.6) is 0 Å². The summed E-state index contributed by atoms with van der Waals surface area (Å²) in [7, 11) is 0. The molecule has 2 N–H and O–H groups in total. The van der Waals surface area contributed by atoms with Gasteiger partial charge in [0.25, 0.3) is 5.91 Å². The molecule has 2 amide bonds. The third-order valence-corrected chi connectivity index (χ3v) is 7.92. The van der Waals surface area contributed by atoms with Crippen LogP contribution in [-0.4, -0.2) is 37.2 Å². The van der Waals surface area contributed by atoms with Crippen LogP contribution in [0.15, 0.2) is 57.6 Å². The van der Waals surface area contributed by atoms with Crippen molar-refractivity contribution in [3.05, 3.63) is 82.3 Å². The zero-order chi connectivity index (χ0) is 28.3. The molecular formula is C29H24ClFN6O4. The number of nitrogens with zero attached hydrogens (tertiary/aromatic N) is 4. The molecule has 41 heavy (non-hydrogen) atoms. The summed E-state index contributed by atoms with van der Waals surface area (Å²) in [5.41, 5.74) is 2.00. The van der Waals surface area contributed by atoms with Crippen molar-refractivity contribution in [3.63, 3.8) is 0 Å². The highest BCUT2D eigenvalue weighted by Crippen LogP contribution is 2.41. The molecule has 2 fully saturated rings. The third-order valence-electron chi connectivity index (χ3n) is 7.53. The average Bonchev–Trinajstić information content (AvgIpc) is 3.85. The van der Waals surface area contributed by atoms with Crippen molar-refractivity contribution in [2.75, 3.05) is 0 Å². The maximum atomic E-state index is 14.1. The topological polar surface area (TPSA) is 128 Å². The number of hydrogen-bond acceptors (Lipinski definition) is 7. The van der Waals surface area contributed by atoms with Crippen molar-refractivity contribution >= 4 is 34.3 Å². The Bertz CT molecular complexity index is 1820. The lowest BCUT2D eigenvalue weighted by molar-refractivity contribution is -0.124.